The van der Waals surface area contributed by atoms with Gasteiger partial charge in [0.1, 0.15) is 0 Å². The van der Waals surface area contributed by atoms with Gasteiger partial charge in [-0.2, -0.15) is 0 Å². The van der Waals surface area contributed by atoms with Crippen molar-refractivity contribution in [3.8, 4) is 0 Å². The molecule has 5 heteroatoms. The van der Waals surface area contributed by atoms with Crippen molar-refractivity contribution >= 4 is 11.7 Å². The smallest absolute Gasteiger partial charge is 0.317 e. The lowest BCUT2D eigenvalue weighted by atomic mass is 10.1. The number of hydrogen-bond acceptors (Lipinski definition) is 3. The van der Waals surface area contributed by atoms with E-state index in [9.17, 15) is 4.79 Å². The Hall–Kier alpha value is -2.56. The van der Waals surface area contributed by atoms with Crippen LogP contribution >= 0.6 is 0 Å². The zero-order chi connectivity index (χ0) is 17.8. The zero-order valence-electron chi connectivity index (χ0n) is 15.1. The second-order valence-corrected chi connectivity index (χ2v) is 6.65. The normalized spacial score (nSPS) is 17.1. The fourth-order valence-electron chi connectivity index (χ4n) is 3.38. The van der Waals surface area contributed by atoms with Crippen LogP contribution in [-0.4, -0.2) is 42.1 Å². The number of rotatable bonds is 5. The minimum atomic E-state index is -0.0710. The van der Waals surface area contributed by atoms with Crippen molar-refractivity contribution in [1.82, 2.24) is 15.2 Å². The molecular formula is C20H26N4O. The predicted octanol–water partition coefficient (Wildman–Crippen LogP) is 3.24. The van der Waals surface area contributed by atoms with E-state index in [4.69, 9.17) is 0 Å². The summed E-state index contributed by atoms with van der Waals surface area (Å²) in [6.07, 6.45) is 2.82. The SMILES string of the molecule is CC(c1ccccn1)N(C)C(=O)NCCN1c2ccccc2CC1C. The van der Waals surface area contributed by atoms with Crippen LogP contribution in [0.25, 0.3) is 0 Å². The molecule has 2 unspecified atom stereocenters. The van der Waals surface area contributed by atoms with Crippen LogP contribution in [0.3, 0.4) is 0 Å². The lowest BCUT2D eigenvalue weighted by Crippen LogP contribution is -2.43. The molecule has 0 spiro atoms. The Morgan fingerprint density at radius 2 is 2.08 bits per heavy atom. The summed E-state index contributed by atoms with van der Waals surface area (Å²) in [5, 5.41) is 3.03. The summed E-state index contributed by atoms with van der Waals surface area (Å²) in [4.78, 5) is 20.8. The van der Waals surface area contributed by atoms with E-state index in [-0.39, 0.29) is 12.1 Å². The Kier molecular flexibility index (Phi) is 5.22. The number of nitrogens with one attached hydrogen (secondary N) is 1. The topological polar surface area (TPSA) is 48.5 Å². The number of fused-ring (bicyclic) bond motifs is 1. The molecule has 1 aromatic heterocycles. The van der Waals surface area contributed by atoms with E-state index in [2.05, 4.69) is 46.4 Å². The number of amides is 2. The van der Waals surface area contributed by atoms with Gasteiger partial charge in [0.05, 0.1) is 11.7 Å². The third-order valence-electron chi connectivity index (χ3n) is 4.99. The van der Waals surface area contributed by atoms with Crippen molar-refractivity contribution in [2.45, 2.75) is 32.4 Å². The van der Waals surface area contributed by atoms with Crippen LogP contribution in [0, 0.1) is 0 Å². The standard InChI is InChI=1S/C20H26N4O/c1-15-14-17-8-4-5-10-19(17)24(15)13-12-22-20(25)23(3)16(2)18-9-6-7-11-21-18/h4-11,15-16H,12-14H2,1-3H3,(H,22,25). The summed E-state index contributed by atoms with van der Waals surface area (Å²) in [5.74, 6) is 0. The van der Waals surface area contributed by atoms with Crippen molar-refractivity contribution in [1.29, 1.82) is 0 Å². The Balaban J connectivity index is 1.53. The largest absolute Gasteiger partial charge is 0.367 e. The zero-order valence-corrected chi connectivity index (χ0v) is 15.1. The van der Waals surface area contributed by atoms with Gasteiger partial charge in [-0.1, -0.05) is 24.3 Å². The van der Waals surface area contributed by atoms with E-state index < -0.39 is 0 Å². The highest BCUT2D eigenvalue weighted by molar-refractivity contribution is 5.74. The van der Waals surface area contributed by atoms with Crippen LogP contribution in [0.4, 0.5) is 10.5 Å². The highest BCUT2D eigenvalue weighted by Crippen LogP contribution is 2.31. The summed E-state index contributed by atoms with van der Waals surface area (Å²) in [6.45, 7) is 5.66. The lowest BCUT2D eigenvalue weighted by molar-refractivity contribution is 0.193. The van der Waals surface area contributed by atoms with Crippen LogP contribution < -0.4 is 10.2 Å². The molecule has 0 fully saturated rings. The molecule has 5 nitrogen and oxygen atoms in total. The number of nitrogens with zero attached hydrogens (tertiary/aromatic N) is 3. The average Bonchev–Trinajstić information content (AvgIpc) is 2.96. The molecule has 1 aromatic carbocycles. The Morgan fingerprint density at radius 1 is 1.32 bits per heavy atom. The molecule has 2 atom stereocenters. The van der Waals surface area contributed by atoms with E-state index in [0.717, 1.165) is 18.7 Å². The molecule has 1 aliphatic rings. The van der Waals surface area contributed by atoms with E-state index in [1.54, 1.807) is 11.1 Å². The maximum atomic E-state index is 12.4. The van der Waals surface area contributed by atoms with Crippen molar-refractivity contribution in [3.05, 3.63) is 59.9 Å². The van der Waals surface area contributed by atoms with Gasteiger partial charge in [0.15, 0.2) is 0 Å². The van der Waals surface area contributed by atoms with Gasteiger partial charge in [0, 0.05) is 38.1 Å². The number of pyridine rings is 1. The number of anilines is 1. The van der Waals surface area contributed by atoms with Gasteiger partial charge in [-0.3, -0.25) is 4.98 Å². The van der Waals surface area contributed by atoms with Crippen molar-refractivity contribution in [3.63, 3.8) is 0 Å². The van der Waals surface area contributed by atoms with E-state index in [1.165, 1.54) is 11.3 Å². The molecule has 132 valence electrons. The Bertz CT molecular complexity index is 719. The summed E-state index contributed by atoms with van der Waals surface area (Å²) in [7, 11) is 1.81. The number of carbonyl (C=O) groups excluding carboxylic acids is 1. The quantitative estimate of drug-likeness (QED) is 0.910. The third kappa shape index (κ3) is 3.76. The summed E-state index contributed by atoms with van der Waals surface area (Å²) in [6, 6.07) is 14.6. The van der Waals surface area contributed by atoms with Gasteiger partial charge < -0.3 is 15.1 Å². The van der Waals surface area contributed by atoms with Crippen LogP contribution in [0.15, 0.2) is 48.7 Å². The van der Waals surface area contributed by atoms with E-state index in [1.807, 2.05) is 32.2 Å². The van der Waals surface area contributed by atoms with Crippen molar-refractivity contribution in [2.75, 3.05) is 25.0 Å². The minimum absolute atomic E-state index is 0.0624. The number of hydrogen-bond donors (Lipinski definition) is 1. The molecule has 0 saturated carbocycles. The van der Waals surface area contributed by atoms with Gasteiger partial charge in [0.2, 0.25) is 0 Å². The molecule has 2 amide bonds. The molecule has 25 heavy (non-hydrogen) atoms. The molecule has 0 radical (unpaired) electrons. The highest BCUT2D eigenvalue weighted by Gasteiger charge is 2.25. The first kappa shape index (κ1) is 17.3. The predicted molar refractivity (Wildman–Crippen MR) is 101 cm³/mol. The van der Waals surface area contributed by atoms with Crippen LogP contribution in [0.1, 0.15) is 31.1 Å². The first-order valence-corrected chi connectivity index (χ1v) is 8.84. The second kappa shape index (κ2) is 7.55. The van der Waals surface area contributed by atoms with Crippen LogP contribution in [-0.2, 0) is 6.42 Å². The Labute approximate surface area is 149 Å². The molecule has 0 saturated heterocycles. The molecular weight excluding hydrogens is 312 g/mol. The monoisotopic (exact) mass is 338 g/mol. The molecule has 0 aliphatic carbocycles. The number of aromatic nitrogens is 1. The molecule has 3 rings (SSSR count). The van der Waals surface area contributed by atoms with E-state index >= 15 is 0 Å². The second-order valence-electron chi connectivity index (χ2n) is 6.65. The number of carbonyl (C=O) groups is 1. The third-order valence-corrected chi connectivity index (χ3v) is 4.99. The van der Waals surface area contributed by atoms with Crippen LogP contribution in [0.5, 0.6) is 0 Å². The first-order chi connectivity index (χ1) is 12.1. The number of benzene rings is 1. The maximum absolute atomic E-state index is 12.4. The fourth-order valence-corrected chi connectivity index (χ4v) is 3.38. The summed E-state index contributed by atoms with van der Waals surface area (Å²) < 4.78 is 0. The van der Waals surface area contributed by atoms with Gasteiger partial charge in [-0.05, 0) is 44.0 Å². The van der Waals surface area contributed by atoms with Crippen molar-refractivity contribution < 1.29 is 4.79 Å². The van der Waals surface area contributed by atoms with E-state index in [0.29, 0.717) is 12.6 Å². The molecule has 2 aromatic rings. The summed E-state index contributed by atoms with van der Waals surface area (Å²) >= 11 is 0. The molecule has 1 N–H and O–H groups in total. The molecule has 2 heterocycles. The molecule has 0 bridgehead atoms. The van der Waals surface area contributed by atoms with Crippen molar-refractivity contribution in [2.24, 2.45) is 0 Å². The first-order valence-electron chi connectivity index (χ1n) is 8.84. The fraction of sp³-hybridized carbons (Fsp3) is 0.400. The summed E-state index contributed by atoms with van der Waals surface area (Å²) in [5.41, 5.74) is 3.57. The maximum Gasteiger partial charge on any atom is 0.317 e. The van der Waals surface area contributed by atoms with Crippen LogP contribution in [0.2, 0.25) is 0 Å². The molecule has 1 aliphatic heterocycles. The highest BCUT2D eigenvalue weighted by atomic mass is 16.2. The van der Waals surface area contributed by atoms with Gasteiger partial charge >= 0.3 is 6.03 Å². The van der Waals surface area contributed by atoms with Gasteiger partial charge in [-0.25, -0.2) is 4.79 Å². The minimum Gasteiger partial charge on any atom is -0.367 e. The average molecular weight is 338 g/mol. The Morgan fingerprint density at radius 3 is 2.84 bits per heavy atom. The lowest BCUT2D eigenvalue weighted by Gasteiger charge is -2.27. The van der Waals surface area contributed by atoms with Gasteiger partial charge in [-0.15, -0.1) is 0 Å². The number of urea groups is 1. The number of para-hydroxylation sites is 1. The van der Waals surface area contributed by atoms with Gasteiger partial charge in [0.25, 0.3) is 0 Å².